The number of rotatable bonds is 4. The van der Waals surface area contributed by atoms with Gasteiger partial charge in [0.15, 0.2) is 0 Å². The normalized spacial score (nSPS) is 15.7. The van der Waals surface area contributed by atoms with Crippen molar-refractivity contribution in [3.05, 3.63) is 47.7 Å². The maximum absolute atomic E-state index is 5.83. The quantitative estimate of drug-likeness (QED) is 0.846. The third-order valence-corrected chi connectivity index (χ3v) is 4.28. The van der Waals surface area contributed by atoms with Crippen molar-refractivity contribution in [3.8, 4) is 11.3 Å². The van der Waals surface area contributed by atoms with Crippen LogP contribution in [0.25, 0.3) is 11.3 Å². The van der Waals surface area contributed by atoms with Gasteiger partial charge in [-0.1, -0.05) is 43.5 Å². The molecule has 0 saturated heterocycles. The summed E-state index contributed by atoms with van der Waals surface area (Å²) in [6.45, 7) is 0.778. The summed E-state index contributed by atoms with van der Waals surface area (Å²) in [5.74, 6) is 2.72. The van der Waals surface area contributed by atoms with Gasteiger partial charge in [0.25, 0.3) is 0 Å². The van der Waals surface area contributed by atoms with Crippen LogP contribution < -0.4 is 5.32 Å². The lowest BCUT2D eigenvalue weighted by Gasteiger charge is -2.21. The molecule has 114 valence electrons. The first-order valence-electron chi connectivity index (χ1n) is 7.70. The molecule has 0 aliphatic heterocycles. The van der Waals surface area contributed by atoms with E-state index in [4.69, 9.17) is 4.42 Å². The molecule has 1 fully saturated rings. The van der Waals surface area contributed by atoms with E-state index in [9.17, 15) is 0 Å². The predicted octanol–water partition coefficient (Wildman–Crippen LogP) is 5.14. The molecule has 2 aromatic rings. The van der Waals surface area contributed by atoms with Crippen molar-refractivity contribution >= 4 is 12.4 Å². The molecular weight excluding hydrogens is 282 g/mol. The number of halogens is 1. The van der Waals surface area contributed by atoms with E-state index < -0.39 is 0 Å². The molecule has 1 N–H and O–H groups in total. The van der Waals surface area contributed by atoms with Crippen LogP contribution in [0.4, 0.5) is 0 Å². The summed E-state index contributed by atoms with van der Waals surface area (Å²) in [6, 6.07) is 13.1. The van der Waals surface area contributed by atoms with Gasteiger partial charge in [-0.3, -0.25) is 0 Å². The van der Waals surface area contributed by atoms with Gasteiger partial charge >= 0.3 is 0 Å². The second-order valence-corrected chi connectivity index (χ2v) is 5.75. The molecule has 1 aliphatic carbocycles. The summed E-state index contributed by atoms with van der Waals surface area (Å²) in [5, 5.41) is 3.11. The Kier molecular flexibility index (Phi) is 5.89. The highest BCUT2D eigenvalue weighted by molar-refractivity contribution is 5.85. The molecule has 1 aromatic heterocycles. The molecule has 1 aliphatic rings. The Morgan fingerprint density at radius 3 is 2.38 bits per heavy atom. The zero-order chi connectivity index (χ0) is 13.8. The molecule has 0 unspecified atom stereocenters. The number of benzene rings is 1. The lowest BCUT2D eigenvalue weighted by atomic mass is 9.84. The first-order chi connectivity index (χ1) is 9.86. The van der Waals surface area contributed by atoms with E-state index in [0.29, 0.717) is 0 Å². The Balaban J connectivity index is 0.00000161. The lowest BCUT2D eigenvalue weighted by molar-refractivity contribution is 0.443. The Labute approximate surface area is 133 Å². The number of hydrogen-bond donors (Lipinski definition) is 1. The van der Waals surface area contributed by atoms with Gasteiger partial charge in [0.2, 0.25) is 0 Å². The first kappa shape index (κ1) is 16.1. The molecule has 2 nitrogen and oxygen atoms in total. The van der Waals surface area contributed by atoms with Gasteiger partial charge in [0, 0.05) is 5.56 Å². The first-order valence-corrected chi connectivity index (χ1v) is 7.70. The SMILES string of the molecule is CNCc1ccc(-c2ccc(C3CCCCC3)cc2)o1.Cl. The Morgan fingerprint density at radius 2 is 1.71 bits per heavy atom. The molecule has 21 heavy (non-hydrogen) atoms. The Hall–Kier alpha value is -1.25. The van der Waals surface area contributed by atoms with Gasteiger partial charge < -0.3 is 9.73 Å². The van der Waals surface area contributed by atoms with Crippen LogP contribution in [-0.4, -0.2) is 7.05 Å². The van der Waals surface area contributed by atoms with E-state index in [1.165, 1.54) is 43.2 Å². The minimum Gasteiger partial charge on any atom is -0.460 e. The Morgan fingerprint density at radius 1 is 1.00 bits per heavy atom. The molecule has 1 saturated carbocycles. The monoisotopic (exact) mass is 305 g/mol. The molecule has 0 bridgehead atoms. The topological polar surface area (TPSA) is 25.2 Å². The zero-order valence-electron chi connectivity index (χ0n) is 12.6. The zero-order valence-corrected chi connectivity index (χ0v) is 13.4. The van der Waals surface area contributed by atoms with Crippen molar-refractivity contribution in [2.24, 2.45) is 0 Å². The second-order valence-electron chi connectivity index (χ2n) is 5.75. The van der Waals surface area contributed by atoms with Crippen molar-refractivity contribution < 1.29 is 4.42 Å². The molecule has 0 amide bonds. The van der Waals surface area contributed by atoms with Crippen LogP contribution in [0.15, 0.2) is 40.8 Å². The molecule has 0 spiro atoms. The van der Waals surface area contributed by atoms with E-state index in [2.05, 4.69) is 35.6 Å². The van der Waals surface area contributed by atoms with Crippen LogP contribution in [0, 0.1) is 0 Å². The minimum atomic E-state index is 0. The molecule has 3 heteroatoms. The van der Waals surface area contributed by atoms with Crippen molar-refractivity contribution in [2.45, 2.75) is 44.6 Å². The number of nitrogens with one attached hydrogen (secondary N) is 1. The van der Waals surface area contributed by atoms with Crippen LogP contribution in [0.3, 0.4) is 0 Å². The van der Waals surface area contributed by atoms with Gasteiger partial charge in [-0.15, -0.1) is 12.4 Å². The molecule has 0 radical (unpaired) electrons. The summed E-state index contributed by atoms with van der Waals surface area (Å²) in [4.78, 5) is 0. The summed E-state index contributed by atoms with van der Waals surface area (Å²) >= 11 is 0. The van der Waals surface area contributed by atoms with E-state index in [-0.39, 0.29) is 12.4 Å². The summed E-state index contributed by atoms with van der Waals surface area (Å²) < 4.78 is 5.83. The average Bonchev–Trinajstić information content (AvgIpc) is 2.97. The molecule has 3 rings (SSSR count). The predicted molar refractivity (Wildman–Crippen MR) is 90.0 cm³/mol. The third-order valence-electron chi connectivity index (χ3n) is 4.28. The van der Waals surface area contributed by atoms with E-state index in [0.717, 1.165) is 24.0 Å². The lowest BCUT2D eigenvalue weighted by Crippen LogP contribution is -2.04. The van der Waals surface area contributed by atoms with Crippen molar-refractivity contribution in [3.63, 3.8) is 0 Å². The van der Waals surface area contributed by atoms with Gasteiger partial charge in [-0.05, 0) is 43.5 Å². The largest absolute Gasteiger partial charge is 0.460 e. The fourth-order valence-corrected chi connectivity index (χ4v) is 3.16. The third kappa shape index (κ3) is 3.90. The maximum Gasteiger partial charge on any atom is 0.134 e. The molecular formula is C18H24ClNO. The Bertz CT molecular complexity index is 541. The van der Waals surface area contributed by atoms with Gasteiger partial charge in [-0.25, -0.2) is 0 Å². The highest BCUT2D eigenvalue weighted by Gasteiger charge is 2.15. The summed E-state index contributed by atoms with van der Waals surface area (Å²) in [7, 11) is 1.93. The van der Waals surface area contributed by atoms with Crippen molar-refractivity contribution in [1.82, 2.24) is 5.32 Å². The van der Waals surface area contributed by atoms with Gasteiger partial charge in [0.05, 0.1) is 6.54 Å². The van der Waals surface area contributed by atoms with E-state index in [1.807, 2.05) is 13.1 Å². The average molecular weight is 306 g/mol. The minimum absolute atomic E-state index is 0. The number of furan rings is 1. The highest BCUT2D eigenvalue weighted by atomic mass is 35.5. The van der Waals surface area contributed by atoms with E-state index >= 15 is 0 Å². The fourth-order valence-electron chi connectivity index (χ4n) is 3.16. The van der Waals surface area contributed by atoms with Crippen LogP contribution >= 0.6 is 12.4 Å². The van der Waals surface area contributed by atoms with Crippen LogP contribution in [-0.2, 0) is 6.54 Å². The molecule has 0 atom stereocenters. The molecule has 1 aromatic carbocycles. The van der Waals surface area contributed by atoms with Crippen molar-refractivity contribution in [1.29, 1.82) is 0 Å². The van der Waals surface area contributed by atoms with Crippen LogP contribution in [0.2, 0.25) is 0 Å². The van der Waals surface area contributed by atoms with Gasteiger partial charge in [-0.2, -0.15) is 0 Å². The fraction of sp³-hybridized carbons (Fsp3) is 0.444. The standard InChI is InChI=1S/C18H23NO.ClH/c1-19-13-17-11-12-18(20-17)16-9-7-15(8-10-16)14-5-3-2-4-6-14;/h7-12,14,19H,2-6,13H2,1H3;1H. The smallest absolute Gasteiger partial charge is 0.134 e. The van der Waals surface area contributed by atoms with Gasteiger partial charge in [0.1, 0.15) is 11.5 Å². The summed E-state index contributed by atoms with van der Waals surface area (Å²) in [5.41, 5.74) is 2.67. The highest BCUT2D eigenvalue weighted by Crippen LogP contribution is 2.33. The second kappa shape index (κ2) is 7.67. The molecule has 1 heterocycles. The van der Waals surface area contributed by atoms with Crippen molar-refractivity contribution in [2.75, 3.05) is 7.05 Å². The van der Waals surface area contributed by atoms with Crippen LogP contribution in [0.1, 0.15) is 49.3 Å². The van der Waals surface area contributed by atoms with Crippen LogP contribution in [0.5, 0.6) is 0 Å². The maximum atomic E-state index is 5.83. The van der Waals surface area contributed by atoms with E-state index in [1.54, 1.807) is 0 Å². The summed E-state index contributed by atoms with van der Waals surface area (Å²) in [6.07, 6.45) is 6.89. The number of hydrogen-bond acceptors (Lipinski definition) is 2.